The van der Waals surface area contributed by atoms with Gasteiger partial charge in [0, 0.05) is 19.2 Å². The highest BCUT2D eigenvalue weighted by molar-refractivity contribution is 7.89. The lowest BCUT2D eigenvalue weighted by Crippen LogP contribution is -2.35. The number of anilines is 1. The third kappa shape index (κ3) is 7.32. The smallest absolute Gasteiger partial charge is 0.240 e. The Balaban J connectivity index is 0.00000312. The quantitative estimate of drug-likeness (QED) is 0.702. The molecule has 0 unspecified atom stereocenters. The molecule has 1 fully saturated rings. The van der Waals surface area contributed by atoms with Crippen molar-refractivity contribution in [1.82, 2.24) is 9.62 Å². The van der Waals surface area contributed by atoms with Gasteiger partial charge in [-0.25, -0.2) is 13.1 Å². The second-order valence-corrected chi connectivity index (χ2v) is 8.25. The molecule has 2 N–H and O–H groups in total. The molecular formula is C17H28ClN3O3S. The van der Waals surface area contributed by atoms with Crippen LogP contribution in [0.4, 0.5) is 5.69 Å². The fraction of sp³-hybridized carbons (Fsp3) is 0.588. The van der Waals surface area contributed by atoms with Gasteiger partial charge < -0.3 is 10.2 Å². The number of halogens is 1. The van der Waals surface area contributed by atoms with Gasteiger partial charge in [0.15, 0.2) is 0 Å². The first-order valence-corrected chi connectivity index (χ1v) is 9.95. The van der Waals surface area contributed by atoms with Gasteiger partial charge in [-0.2, -0.15) is 0 Å². The van der Waals surface area contributed by atoms with E-state index in [0.29, 0.717) is 12.2 Å². The van der Waals surface area contributed by atoms with Crippen molar-refractivity contribution in [1.29, 1.82) is 0 Å². The Morgan fingerprint density at radius 1 is 1.20 bits per heavy atom. The molecule has 1 aliphatic rings. The van der Waals surface area contributed by atoms with Crippen LogP contribution in [0.25, 0.3) is 0 Å². The van der Waals surface area contributed by atoms with Crippen LogP contribution in [0, 0.1) is 5.92 Å². The Morgan fingerprint density at radius 3 is 2.36 bits per heavy atom. The van der Waals surface area contributed by atoms with Crippen molar-refractivity contribution >= 4 is 34.0 Å². The van der Waals surface area contributed by atoms with E-state index >= 15 is 0 Å². The summed E-state index contributed by atoms with van der Waals surface area (Å²) in [6, 6.07) is 6.18. The van der Waals surface area contributed by atoms with E-state index in [4.69, 9.17) is 0 Å². The standard InChI is InChI=1S/C17H27N3O3S.ClH/c1-14-8-12-20(13-9-14)11-3-10-18-24(22,23)17-6-4-16(5-7-17)19-15(2)21;/h4-7,14,18H,3,8-13H2,1-2H3,(H,19,21);1H. The molecule has 0 atom stereocenters. The maximum atomic E-state index is 12.2. The summed E-state index contributed by atoms with van der Waals surface area (Å²) in [5, 5.41) is 2.62. The van der Waals surface area contributed by atoms with E-state index < -0.39 is 10.0 Å². The molecule has 1 aliphatic heterocycles. The molecule has 0 aliphatic carbocycles. The van der Waals surface area contributed by atoms with Gasteiger partial charge in [-0.15, -0.1) is 12.4 Å². The summed E-state index contributed by atoms with van der Waals surface area (Å²) in [6.45, 7) is 7.27. The van der Waals surface area contributed by atoms with E-state index in [2.05, 4.69) is 21.9 Å². The zero-order chi connectivity index (χ0) is 17.6. The number of rotatable bonds is 7. The highest BCUT2D eigenvalue weighted by Crippen LogP contribution is 2.16. The molecule has 25 heavy (non-hydrogen) atoms. The average Bonchev–Trinajstić information content (AvgIpc) is 2.53. The Hall–Kier alpha value is -1.15. The largest absolute Gasteiger partial charge is 0.326 e. The number of likely N-dealkylation sites (tertiary alicyclic amines) is 1. The van der Waals surface area contributed by atoms with Crippen LogP contribution >= 0.6 is 12.4 Å². The van der Waals surface area contributed by atoms with Gasteiger partial charge in [0.1, 0.15) is 0 Å². The van der Waals surface area contributed by atoms with Gasteiger partial charge >= 0.3 is 0 Å². The molecule has 2 rings (SSSR count). The average molecular weight is 390 g/mol. The first-order valence-electron chi connectivity index (χ1n) is 8.46. The summed E-state index contributed by atoms with van der Waals surface area (Å²) in [5.41, 5.74) is 0.584. The molecule has 1 heterocycles. The third-order valence-corrected chi connectivity index (χ3v) is 5.78. The maximum absolute atomic E-state index is 12.2. The van der Waals surface area contributed by atoms with Crippen molar-refractivity contribution in [3.8, 4) is 0 Å². The summed E-state index contributed by atoms with van der Waals surface area (Å²) in [4.78, 5) is 13.6. The number of hydrogen-bond acceptors (Lipinski definition) is 4. The Kier molecular flexibility index (Phi) is 8.85. The number of carbonyl (C=O) groups excluding carboxylic acids is 1. The third-order valence-electron chi connectivity index (χ3n) is 4.30. The van der Waals surface area contributed by atoms with Gasteiger partial charge in [-0.05, 0) is 69.1 Å². The Bertz CT molecular complexity index is 642. The van der Waals surface area contributed by atoms with Crippen LogP contribution < -0.4 is 10.0 Å². The number of piperidine rings is 1. The van der Waals surface area contributed by atoms with E-state index in [1.165, 1.54) is 31.9 Å². The lowest BCUT2D eigenvalue weighted by atomic mass is 9.99. The first kappa shape index (κ1) is 21.9. The maximum Gasteiger partial charge on any atom is 0.240 e. The normalized spacial score (nSPS) is 16.2. The van der Waals surface area contributed by atoms with Crippen molar-refractivity contribution in [3.63, 3.8) is 0 Å². The monoisotopic (exact) mass is 389 g/mol. The topological polar surface area (TPSA) is 78.5 Å². The highest BCUT2D eigenvalue weighted by Gasteiger charge is 2.16. The fourth-order valence-corrected chi connectivity index (χ4v) is 3.87. The van der Waals surface area contributed by atoms with Crippen LogP contribution in [0.3, 0.4) is 0 Å². The minimum Gasteiger partial charge on any atom is -0.326 e. The lowest BCUT2D eigenvalue weighted by molar-refractivity contribution is -0.114. The van der Waals surface area contributed by atoms with Crippen LogP contribution in [0.2, 0.25) is 0 Å². The molecule has 8 heteroatoms. The summed E-state index contributed by atoms with van der Waals surface area (Å²) in [5.74, 6) is 0.621. The van der Waals surface area contributed by atoms with Crippen molar-refractivity contribution in [3.05, 3.63) is 24.3 Å². The van der Waals surface area contributed by atoms with Gasteiger partial charge in [-0.1, -0.05) is 6.92 Å². The number of carbonyl (C=O) groups is 1. The summed E-state index contributed by atoms with van der Waals surface area (Å²) in [6.07, 6.45) is 3.26. The highest BCUT2D eigenvalue weighted by atomic mass is 35.5. The summed E-state index contributed by atoms with van der Waals surface area (Å²) in [7, 11) is -3.50. The SMILES string of the molecule is CC(=O)Nc1ccc(S(=O)(=O)NCCCN2CCC(C)CC2)cc1.Cl. The van der Waals surface area contributed by atoms with E-state index in [9.17, 15) is 13.2 Å². The number of sulfonamides is 1. The van der Waals surface area contributed by atoms with Crippen LogP contribution in [0.1, 0.15) is 33.1 Å². The summed E-state index contributed by atoms with van der Waals surface area (Å²) < 4.78 is 27.1. The Labute approximate surface area is 156 Å². The van der Waals surface area contributed by atoms with Crippen LogP contribution in [-0.4, -0.2) is 45.4 Å². The minimum absolute atomic E-state index is 0. The van der Waals surface area contributed by atoms with Crippen LogP contribution in [0.5, 0.6) is 0 Å². The van der Waals surface area contributed by atoms with Crippen molar-refractivity contribution in [2.45, 2.75) is 38.0 Å². The molecule has 0 aromatic heterocycles. The van der Waals surface area contributed by atoms with Crippen molar-refractivity contribution < 1.29 is 13.2 Å². The minimum atomic E-state index is -3.50. The molecule has 142 valence electrons. The number of amides is 1. The predicted molar refractivity (Wildman–Crippen MR) is 103 cm³/mol. The Morgan fingerprint density at radius 2 is 1.80 bits per heavy atom. The molecule has 6 nitrogen and oxygen atoms in total. The second-order valence-electron chi connectivity index (χ2n) is 6.48. The van der Waals surface area contributed by atoms with E-state index in [-0.39, 0.29) is 23.2 Å². The van der Waals surface area contributed by atoms with Crippen molar-refractivity contribution in [2.75, 3.05) is 31.5 Å². The number of nitrogens with zero attached hydrogens (tertiary/aromatic N) is 1. The molecular weight excluding hydrogens is 362 g/mol. The molecule has 0 bridgehead atoms. The van der Waals surface area contributed by atoms with Crippen LogP contribution in [-0.2, 0) is 14.8 Å². The number of hydrogen-bond donors (Lipinski definition) is 2. The molecule has 1 amide bonds. The number of benzene rings is 1. The van der Waals surface area contributed by atoms with Crippen LogP contribution in [0.15, 0.2) is 29.2 Å². The van der Waals surface area contributed by atoms with E-state index in [0.717, 1.165) is 32.0 Å². The van der Waals surface area contributed by atoms with Crippen molar-refractivity contribution in [2.24, 2.45) is 5.92 Å². The zero-order valence-electron chi connectivity index (χ0n) is 14.8. The van der Waals surface area contributed by atoms with E-state index in [1.54, 1.807) is 12.1 Å². The second kappa shape index (κ2) is 10.1. The zero-order valence-corrected chi connectivity index (χ0v) is 16.5. The van der Waals surface area contributed by atoms with E-state index in [1.807, 2.05) is 0 Å². The molecule has 0 radical (unpaired) electrons. The fourth-order valence-electron chi connectivity index (χ4n) is 2.80. The molecule has 1 aromatic rings. The molecule has 1 aromatic carbocycles. The molecule has 1 saturated heterocycles. The predicted octanol–water partition coefficient (Wildman–Crippen LogP) is 2.47. The van der Waals surface area contributed by atoms with Gasteiger partial charge in [0.2, 0.25) is 15.9 Å². The van der Waals surface area contributed by atoms with Gasteiger partial charge in [-0.3, -0.25) is 4.79 Å². The number of nitrogens with one attached hydrogen (secondary N) is 2. The van der Waals surface area contributed by atoms with Gasteiger partial charge in [0.05, 0.1) is 4.90 Å². The van der Waals surface area contributed by atoms with Gasteiger partial charge in [0.25, 0.3) is 0 Å². The first-order chi connectivity index (χ1) is 11.4. The molecule has 0 saturated carbocycles. The summed E-state index contributed by atoms with van der Waals surface area (Å²) >= 11 is 0. The molecule has 0 spiro atoms. The lowest BCUT2D eigenvalue weighted by Gasteiger charge is -2.30.